The standard InChI is InChI=1S/C14H13NO4/c1-8(16)7-19-13-9(2)15-11-6-4-3-5-10(11)12(13)14(17)18/h3-6H,7H2,1-2H3,(H,17,18). The predicted octanol–water partition coefficient (Wildman–Crippen LogP) is 2.21. The summed E-state index contributed by atoms with van der Waals surface area (Å²) in [4.78, 5) is 26.7. The van der Waals surface area contributed by atoms with Crippen LogP contribution in [0, 0.1) is 6.92 Å². The Morgan fingerprint density at radius 2 is 2.00 bits per heavy atom. The van der Waals surface area contributed by atoms with E-state index in [1.54, 1.807) is 31.2 Å². The minimum absolute atomic E-state index is 0.0457. The van der Waals surface area contributed by atoms with E-state index in [1.807, 2.05) is 0 Å². The lowest BCUT2D eigenvalue weighted by Gasteiger charge is -2.12. The van der Waals surface area contributed by atoms with Crippen LogP contribution < -0.4 is 4.74 Å². The number of hydrogen-bond acceptors (Lipinski definition) is 4. The summed E-state index contributed by atoms with van der Waals surface area (Å²) in [6.07, 6.45) is 0. The molecule has 0 unspecified atom stereocenters. The highest BCUT2D eigenvalue weighted by Gasteiger charge is 2.19. The molecule has 0 aliphatic heterocycles. The molecule has 1 heterocycles. The van der Waals surface area contributed by atoms with Gasteiger partial charge < -0.3 is 9.84 Å². The lowest BCUT2D eigenvalue weighted by molar-refractivity contribution is -0.118. The monoisotopic (exact) mass is 259 g/mol. The molecule has 0 saturated heterocycles. The molecule has 0 radical (unpaired) electrons. The Labute approximate surface area is 109 Å². The van der Waals surface area contributed by atoms with Crippen LogP contribution in [0.2, 0.25) is 0 Å². The zero-order valence-corrected chi connectivity index (χ0v) is 10.6. The first-order valence-corrected chi connectivity index (χ1v) is 5.75. The van der Waals surface area contributed by atoms with Gasteiger partial charge in [-0.2, -0.15) is 0 Å². The number of ketones is 1. The van der Waals surface area contributed by atoms with Gasteiger partial charge in [0.05, 0.1) is 11.2 Å². The van der Waals surface area contributed by atoms with E-state index in [2.05, 4.69) is 4.98 Å². The van der Waals surface area contributed by atoms with Crippen molar-refractivity contribution in [2.75, 3.05) is 6.61 Å². The van der Waals surface area contributed by atoms with E-state index >= 15 is 0 Å². The summed E-state index contributed by atoms with van der Waals surface area (Å²) in [6, 6.07) is 6.94. The molecular weight excluding hydrogens is 246 g/mol. The number of carbonyl (C=O) groups excluding carboxylic acids is 1. The average molecular weight is 259 g/mol. The smallest absolute Gasteiger partial charge is 0.340 e. The highest BCUT2D eigenvalue weighted by molar-refractivity contribution is 6.05. The van der Waals surface area contributed by atoms with Crippen LogP contribution in [0.25, 0.3) is 10.9 Å². The van der Waals surface area contributed by atoms with Crippen molar-refractivity contribution in [3.05, 3.63) is 35.5 Å². The van der Waals surface area contributed by atoms with Crippen LogP contribution in [0.5, 0.6) is 5.75 Å². The third kappa shape index (κ3) is 2.54. The molecule has 19 heavy (non-hydrogen) atoms. The van der Waals surface area contributed by atoms with Crippen LogP contribution in [0.4, 0.5) is 0 Å². The summed E-state index contributed by atoms with van der Waals surface area (Å²) < 4.78 is 5.31. The van der Waals surface area contributed by atoms with Gasteiger partial charge in [-0.1, -0.05) is 18.2 Å². The molecule has 0 fully saturated rings. The van der Waals surface area contributed by atoms with Gasteiger partial charge in [0.25, 0.3) is 0 Å². The molecular formula is C14H13NO4. The molecule has 98 valence electrons. The zero-order chi connectivity index (χ0) is 14.0. The van der Waals surface area contributed by atoms with Gasteiger partial charge >= 0.3 is 5.97 Å². The maximum atomic E-state index is 11.4. The van der Waals surface area contributed by atoms with Crippen molar-refractivity contribution in [2.45, 2.75) is 13.8 Å². The first-order valence-electron chi connectivity index (χ1n) is 5.75. The highest BCUT2D eigenvalue weighted by Crippen LogP contribution is 2.29. The van der Waals surface area contributed by atoms with Crippen molar-refractivity contribution in [1.29, 1.82) is 0 Å². The van der Waals surface area contributed by atoms with Gasteiger partial charge in [-0.05, 0) is 19.9 Å². The molecule has 0 amide bonds. The van der Waals surface area contributed by atoms with Gasteiger partial charge in [0.15, 0.2) is 11.5 Å². The van der Waals surface area contributed by atoms with Crippen molar-refractivity contribution >= 4 is 22.7 Å². The fourth-order valence-electron chi connectivity index (χ4n) is 1.88. The summed E-state index contributed by atoms with van der Waals surface area (Å²) in [5.41, 5.74) is 1.09. The number of Topliss-reactive ketones (excluding diaryl/α,β-unsaturated/α-hetero) is 1. The molecule has 1 aromatic heterocycles. The lowest BCUT2D eigenvalue weighted by Crippen LogP contribution is -2.12. The van der Waals surface area contributed by atoms with Crippen molar-refractivity contribution < 1.29 is 19.4 Å². The number of rotatable bonds is 4. The van der Waals surface area contributed by atoms with E-state index in [0.717, 1.165) is 0 Å². The van der Waals surface area contributed by atoms with Crippen LogP contribution >= 0.6 is 0 Å². The topological polar surface area (TPSA) is 76.5 Å². The lowest BCUT2D eigenvalue weighted by atomic mass is 10.1. The van der Waals surface area contributed by atoms with Crippen molar-refractivity contribution in [3.63, 3.8) is 0 Å². The van der Waals surface area contributed by atoms with Gasteiger partial charge in [-0.3, -0.25) is 4.79 Å². The normalized spacial score (nSPS) is 10.4. The fraction of sp³-hybridized carbons (Fsp3) is 0.214. The Balaban J connectivity index is 2.67. The molecule has 5 nitrogen and oxygen atoms in total. The molecule has 2 rings (SSSR count). The molecule has 1 N–H and O–H groups in total. The van der Waals surface area contributed by atoms with Crippen LogP contribution in [0.1, 0.15) is 23.0 Å². The summed E-state index contributed by atoms with van der Waals surface area (Å²) in [7, 11) is 0. The number of ether oxygens (including phenoxy) is 1. The number of carboxylic acids is 1. The maximum absolute atomic E-state index is 11.4. The van der Waals surface area contributed by atoms with Crippen molar-refractivity contribution in [2.24, 2.45) is 0 Å². The molecule has 0 spiro atoms. The number of carboxylic acid groups (broad SMARTS) is 1. The van der Waals surface area contributed by atoms with Crippen molar-refractivity contribution in [3.8, 4) is 5.75 Å². The van der Waals surface area contributed by atoms with E-state index in [4.69, 9.17) is 4.74 Å². The van der Waals surface area contributed by atoms with Crippen LogP contribution in [-0.4, -0.2) is 28.4 Å². The molecule has 0 aliphatic carbocycles. The summed E-state index contributed by atoms with van der Waals surface area (Å²) in [5.74, 6) is -1.12. The Bertz CT molecular complexity index is 664. The third-order valence-corrected chi connectivity index (χ3v) is 2.65. The number of hydrogen-bond donors (Lipinski definition) is 1. The largest absolute Gasteiger partial charge is 0.483 e. The van der Waals surface area contributed by atoms with E-state index in [1.165, 1.54) is 6.92 Å². The Morgan fingerprint density at radius 1 is 1.32 bits per heavy atom. The first-order chi connectivity index (χ1) is 9.00. The quantitative estimate of drug-likeness (QED) is 0.910. The van der Waals surface area contributed by atoms with Crippen LogP contribution in [0.3, 0.4) is 0 Å². The van der Waals surface area contributed by atoms with E-state index < -0.39 is 5.97 Å². The highest BCUT2D eigenvalue weighted by atomic mass is 16.5. The fourth-order valence-corrected chi connectivity index (χ4v) is 1.88. The summed E-state index contributed by atoms with van der Waals surface area (Å²) in [5, 5.41) is 9.86. The number of aromatic carboxylic acids is 1. The minimum Gasteiger partial charge on any atom is -0.483 e. The van der Waals surface area contributed by atoms with Gasteiger partial charge in [0.1, 0.15) is 12.2 Å². The van der Waals surface area contributed by atoms with E-state index in [-0.39, 0.29) is 23.7 Å². The number of para-hydroxylation sites is 1. The second kappa shape index (κ2) is 5.06. The third-order valence-electron chi connectivity index (χ3n) is 2.65. The second-order valence-corrected chi connectivity index (χ2v) is 4.21. The number of aryl methyl sites for hydroxylation is 1. The SMILES string of the molecule is CC(=O)COc1c(C)nc2ccccc2c1C(=O)O. The van der Waals surface area contributed by atoms with Crippen molar-refractivity contribution in [1.82, 2.24) is 4.98 Å². The number of aromatic nitrogens is 1. The number of fused-ring (bicyclic) bond motifs is 1. The molecule has 0 atom stereocenters. The molecule has 5 heteroatoms. The molecule has 0 bridgehead atoms. The van der Waals surface area contributed by atoms with Crippen LogP contribution in [0.15, 0.2) is 24.3 Å². The predicted molar refractivity (Wildman–Crippen MR) is 69.6 cm³/mol. The maximum Gasteiger partial charge on any atom is 0.340 e. The van der Waals surface area contributed by atoms with Gasteiger partial charge in [-0.25, -0.2) is 9.78 Å². The molecule has 0 aliphatic rings. The van der Waals surface area contributed by atoms with E-state index in [9.17, 15) is 14.7 Å². The Hall–Kier alpha value is -2.43. The number of benzene rings is 1. The second-order valence-electron chi connectivity index (χ2n) is 4.21. The van der Waals surface area contributed by atoms with Crippen LogP contribution in [-0.2, 0) is 4.79 Å². The van der Waals surface area contributed by atoms with E-state index in [0.29, 0.717) is 16.6 Å². The molecule has 0 saturated carbocycles. The zero-order valence-electron chi connectivity index (χ0n) is 10.6. The number of pyridine rings is 1. The minimum atomic E-state index is -1.10. The first kappa shape index (κ1) is 13.0. The Morgan fingerprint density at radius 3 is 2.63 bits per heavy atom. The average Bonchev–Trinajstić information content (AvgIpc) is 2.35. The van der Waals surface area contributed by atoms with Gasteiger partial charge in [-0.15, -0.1) is 0 Å². The number of carbonyl (C=O) groups is 2. The van der Waals surface area contributed by atoms with Gasteiger partial charge in [0.2, 0.25) is 0 Å². The summed E-state index contributed by atoms with van der Waals surface area (Å²) in [6.45, 7) is 2.87. The molecule has 1 aromatic carbocycles. The molecule has 2 aromatic rings. The Kier molecular flexibility index (Phi) is 3.46. The van der Waals surface area contributed by atoms with Gasteiger partial charge in [0, 0.05) is 5.39 Å². The number of nitrogens with zero attached hydrogens (tertiary/aromatic N) is 1. The summed E-state index contributed by atoms with van der Waals surface area (Å²) >= 11 is 0.